The number of piperidine rings is 2. The molecule has 7 heterocycles. The van der Waals surface area contributed by atoms with E-state index in [-0.39, 0.29) is 49.5 Å². The van der Waals surface area contributed by atoms with E-state index in [1.807, 2.05) is 112 Å². The second-order valence-corrected chi connectivity index (χ2v) is 19.3. The molecule has 396 valence electrons. The summed E-state index contributed by atoms with van der Waals surface area (Å²) in [4.78, 5) is 64.3. The highest BCUT2D eigenvalue weighted by Gasteiger charge is 2.38. The first-order valence-corrected chi connectivity index (χ1v) is 26.0. The number of hydrogen-bond donors (Lipinski definition) is 1. The number of hydrogen-bond acceptors (Lipinski definition) is 12. The maximum absolute atomic E-state index is 12.5. The topological polar surface area (TPSA) is 174 Å². The van der Waals surface area contributed by atoms with Crippen LogP contribution < -0.4 is 23.7 Å². The minimum absolute atomic E-state index is 0.0206. The zero-order valence-electron chi connectivity index (χ0n) is 43.0. The van der Waals surface area contributed by atoms with Crippen molar-refractivity contribution in [3.05, 3.63) is 148 Å². The Morgan fingerprint density at radius 1 is 0.560 bits per heavy atom. The van der Waals surface area contributed by atoms with Gasteiger partial charge in [0.25, 0.3) is 23.6 Å². The zero-order valence-corrected chi connectivity index (χ0v) is 43.0. The molecule has 0 spiro atoms. The molecule has 4 saturated heterocycles. The van der Waals surface area contributed by atoms with E-state index in [4.69, 9.17) is 38.3 Å². The molecule has 16 nitrogen and oxygen atoms in total. The fourth-order valence-corrected chi connectivity index (χ4v) is 9.98. The van der Waals surface area contributed by atoms with Crippen molar-refractivity contribution in [2.75, 3.05) is 53.2 Å². The number of aryl methyl sites for hydroxylation is 1. The third kappa shape index (κ3) is 13.5. The van der Waals surface area contributed by atoms with Crippen molar-refractivity contribution in [1.82, 2.24) is 19.6 Å². The summed E-state index contributed by atoms with van der Waals surface area (Å²) in [5.74, 6) is 4.10. The van der Waals surface area contributed by atoms with Crippen LogP contribution in [0.5, 0.6) is 28.7 Å². The Hall–Kier alpha value is -7.43. The predicted molar refractivity (Wildman–Crippen MR) is 280 cm³/mol. The third-order valence-corrected chi connectivity index (χ3v) is 14.0. The van der Waals surface area contributed by atoms with Crippen LogP contribution in [0.2, 0.25) is 0 Å². The zero-order chi connectivity index (χ0) is 52.7. The lowest BCUT2D eigenvalue weighted by Crippen LogP contribution is -2.42. The number of ether oxygens (including phenoxy) is 6. The Morgan fingerprint density at radius 2 is 1.09 bits per heavy atom. The van der Waals surface area contributed by atoms with Gasteiger partial charge in [0.05, 0.1) is 24.3 Å². The molecule has 75 heavy (non-hydrogen) atoms. The lowest BCUT2D eigenvalue weighted by molar-refractivity contribution is -0.0980. The molecule has 7 aliphatic rings. The summed E-state index contributed by atoms with van der Waals surface area (Å²) < 4.78 is 33.2. The van der Waals surface area contributed by atoms with E-state index in [0.29, 0.717) is 35.8 Å². The molecule has 4 amide bonds. The summed E-state index contributed by atoms with van der Waals surface area (Å²) in [5, 5.41) is 8.92. The molecule has 7 aliphatic heterocycles. The van der Waals surface area contributed by atoms with E-state index in [1.54, 1.807) is 31.4 Å². The Bertz CT molecular complexity index is 2740. The number of likely N-dealkylation sites (tertiary alicyclic amines) is 2. The number of methoxy groups -OCH3 is 1. The summed E-state index contributed by atoms with van der Waals surface area (Å²) in [6, 6.07) is 31.8. The van der Waals surface area contributed by atoms with Crippen molar-refractivity contribution < 1.29 is 57.5 Å². The molecular formula is C59H68N4O12. The number of amides is 4. The van der Waals surface area contributed by atoms with Gasteiger partial charge in [-0.15, -0.1) is 0 Å². The first-order valence-electron chi connectivity index (χ1n) is 26.0. The van der Waals surface area contributed by atoms with Gasteiger partial charge in [-0.25, -0.2) is 0 Å². The smallest absolute Gasteiger partial charge is 0.260 e. The Kier molecular flexibility index (Phi) is 18.8. The summed E-state index contributed by atoms with van der Waals surface area (Å²) in [7, 11) is 1.66. The van der Waals surface area contributed by atoms with Gasteiger partial charge in [0.15, 0.2) is 24.0 Å². The molecular weight excluding hydrogens is 957 g/mol. The predicted octanol–water partition coefficient (Wildman–Crippen LogP) is 8.98. The van der Waals surface area contributed by atoms with Gasteiger partial charge in [-0.05, 0) is 136 Å². The number of benzene rings is 5. The largest absolute Gasteiger partial charge is 0.489 e. The average Bonchev–Trinajstić information content (AvgIpc) is 4.27. The van der Waals surface area contributed by atoms with E-state index >= 15 is 0 Å². The average molecular weight is 1030 g/mol. The van der Waals surface area contributed by atoms with E-state index in [0.717, 1.165) is 141 Å². The number of rotatable bonds is 8. The minimum atomic E-state index is -0.0622. The molecule has 0 radical (unpaired) electrons. The number of fused-ring (bicyclic) bond motifs is 5. The van der Waals surface area contributed by atoms with Gasteiger partial charge in [-0.2, -0.15) is 0 Å². The highest BCUT2D eigenvalue weighted by molar-refractivity contribution is 5.99. The van der Waals surface area contributed by atoms with Gasteiger partial charge < -0.3 is 57.9 Å². The Morgan fingerprint density at radius 3 is 1.68 bits per heavy atom. The molecule has 2 unspecified atom stereocenters. The molecule has 5 aromatic carbocycles. The van der Waals surface area contributed by atoms with E-state index in [2.05, 4.69) is 0 Å². The number of nitrogens with zero attached hydrogens (tertiary/aromatic N) is 4. The van der Waals surface area contributed by atoms with Crippen molar-refractivity contribution in [2.24, 2.45) is 0 Å². The van der Waals surface area contributed by atoms with Crippen LogP contribution in [0.4, 0.5) is 0 Å². The van der Waals surface area contributed by atoms with Crippen molar-refractivity contribution in [3.63, 3.8) is 0 Å². The van der Waals surface area contributed by atoms with Crippen LogP contribution in [-0.4, -0.2) is 121 Å². The highest BCUT2D eigenvalue weighted by atomic mass is 16.7. The summed E-state index contributed by atoms with van der Waals surface area (Å²) >= 11 is 0. The molecule has 5 aromatic rings. The summed E-state index contributed by atoms with van der Waals surface area (Å²) in [6.07, 6.45) is 10.8. The molecule has 16 heteroatoms. The van der Waals surface area contributed by atoms with Gasteiger partial charge in [0, 0.05) is 76.4 Å². The fraction of sp³-hybridized carbons (Fsp3) is 0.407. The van der Waals surface area contributed by atoms with Crippen molar-refractivity contribution in [1.29, 1.82) is 0 Å². The van der Waals surface area contributed by atoms with Crippen LogP contribution in [0.3, 0.4) is 0 Å². The quantitative estimate of drug-likeness (QED) is 0.157. The van der Waals surface area contributed by atoms with E-state index in [1.165, 1.54) is 12.8 Å². The minimum Gasteiger partial charge on any atom is -0.489 e. The molecule has 4 fully saturated rings. The van der Waals surface area contributed by atoms with Crippen LogP contribution >= 0.6 is 0 Å². The first-order chi connectivity index (χ1) is 36.6. The maximum atomic E-state index is 12.5. The number of carbonyl (C=O) groups is 5. The van der Waals surface area contributed by atoms with Crippen molar-refractivity contribution >= 4 is 30.4 Å². The lowest BCUT2D eigenvalue weighted by atomic mass is 10.1. The molecule has 12 rings (SSSR count). The van der Waals surface area contributed by atoms with Gasteiger partial charge in [0.1, 0.15) is 30.6 Å². The number of aliphatic hydroxyl groups excluding tert-OH is 1. The Labute approximate surface area is 439 Å². The van der Waals surface area contributed by atoms with Crippen LogP contribution in [0.1, 0.15) is 128 Å². The van der Waals surface area contributed by atoms with E-state index < -0.39 is 0 Å². The van der Waals surface area contributed by atoms with Crippen LogP contribution in [0, 0.1) is 6.92 Å². The molecule has 0 aromatic heterocycles. The molecule has 0 bridgehead atoms. The third-order valence-electron chi connectivity index (χ3n) is 14.0. The molecule has 1 N–H and O–H groups in total. The SMILES string of the molecule is C=O.COCc1ccc2c(c1)OC1CCCN1C2=O.Cc1ccc2c(c1)C(=O)N1CCCC1O2.O=C(c1ccc(CO)cc1)N1CCCCC1.O=C(c1ccc(COc2ccc3c(c2)OCO3)cc1)N1CCCCC1. The monoisotopic (exact) mass is 1020 g/mol. The number of aliphatic hydroxyl groups is 1. The standard InChI is InChI=1S/C20H21NO4.C13H15NO3.C13H17NO2.C12H13NO2.CH2O/c22-20(21-10-2-1-3-11-21)16-6-4-15(5-7-16)13-23-17-8-9-18-19(12-17)25-14-24-18;1-16-8-9-4-5-10-11(7-9)17-12-3-2-6-14(12)13(10)15;15-10-11-4-6-12(7-5-11)13(16)14-8-2-1-3-9-14;1-8-4-5-10-9(7-8)12(14)13-6-2-3-11(13)15-10;1-2/h4-9,12H,1-3,10-11,13-14H2;4-5,7,12H,2-3,6,8H2,1H3;4-7,15H,1-3,8-10H2;4-5,7,11H,2-3,6H2,1H3;1H2. The number of carbonyl (C=O) groups excluding carboxylic acids is 5. The van der Waals surface area contributed by atoms with Gasteiger partial charge in [-0.3, -0.25) is 19.2 Å². The van der Waals surface area contributed by atoms with E-state index in [9.17, 15) is 19.2 Å². The van der Waals surface area contributed by atoms with Gasteiger partial charge in [0.2, 0.25) is 6.79 Å². The first kappa shape index (κ1) is 53.8. The molecule has 0 aliphatic carbocycles. The normalized spacial score (nSPS) is 18.5. The highest BCUT2D eigenvalue weighted by Crippen LogP contribution is 2.37. The molecule has 2 atom stereocenters. The van der Waals surface area contributed by atoms with Gasteiger partial charge >= 0.3 is 0 Å². The second-order valence-electron chi connectivity index (χ2n) is 19.3. The Balaban J connectivity index is 0.000000134. The summed E-state index contributed by atoms with van der Waals surface area (Å²) in [5.41, 5.74) is 6.85. The van der Waals surface area contributed by atoms with Gasteiger partial charge in [-0.1, -0.05) is 42.0 Å². The van der Waals surface area contributed by atoms with Crippen LogP contribution in [-0.2, 0) is 29.4 Å². The van der Waals surface area contributed by atoms with Crippen molar-refractivity contribution in [2.45, 2.75) is 103 Å². The maximum Gasteiger partial charge on any atom is 0.260 e. The second kappa shape index (κ2) is 26.2. The molecule has 0 saturated carbocycles. The summed E-state index contributed by atoms with van der Waals surface area (Å²) in [6.45, 7) is 10.4. The van der Waals surface area contributed by atoms with Crippen molar-refractivity contribution in [3.8, 4) is 28.7 Å². The van der Waals surface area contributed by atoms with Crippen LogP contribution in [0.25, 0.3) is 0 Å². The van der Waals surface area contributed by atoms with Crippen LogP contribution in [0.15, 0.2) is 103 Å². The lowest BCUT2D eigenvalue weighted by Gasteiger charge is -2.31. The fourth-order valence-electron chi connectivity index (χ4n) is 9.98.